The zero-order chi connectivity index (χ0) is 26.5. The maximum absolute atomic E-state index is 12.9. The molecule has 2 N–H and O–H groups in total. The lowest BCUT2D eigenvalue weighted by Gasteiger charge is -2.15. The number of imidazole rings is 1. The third kappa shape index (κ3) is 5.55. The van der Waals surface area contributed by atoms with E-state index in [4.69, 9.17) is 9.47 Å². The fourth-order valence-electron chi connectivity index (χ4n) is 3.83. The first-order valence-corrected chi connectivity index (χ1v) is 13.0. The highest BCUT2D eigenvalue weighted by molar-refractivity contribution is 7.14. The van der Waals surface area contributed by atoms with Gasteiger partial charge in [-0.2, -0.15) is 0 Å². The van der Waals surface area contributed by atoms with Crippen LogP contribution in [0.4, 0.5) is 5.13 Å². The van der Waals surface area contributed by atoms with Gasteiger partial charge in [0, 0.05) is 28.9 Å². The van der Waals surface area contributed by atoms with Gasteiger partial charge < -0.3 is 14.5 Å². The number of fused-ring (bicyclic) bond motifs is 1. The molecule has 1 unspecified atom stereocenters. The molecule has 192 valence electrons. The third-order valence-electron chi connectivity index (χ3n) is 5.76. The van der Waals surface area contributed by atoms with Gasteiger partial charge >= 0.3 is 5.97 Å². The Morgan fingerprint density at radius 3 is 2.63 bits per heavy atom. The van der Waals surface area contributed by atoms with Crippen LogP contribution in [0.5, 0.6) is 5.75 Å². The summed E-state index contributed by atoms with van der Waals surface area (Å²) in [5.41, 5.74) is 4.18. The van der Waals surface area contributed by atoms with Gasteiger partial charge in [0.25, 0.3) is 5.91 Å². The summed E-state index contributed by atoms with van der Waals surface area (Å²) in [6.45, 7) is 4.31. The van der Waals surface area contributed by atoms with Crippen molar-refractivity contribution in [3.05, 3.63) is 77.9 Å². The minimum Gasteiger partial charge on any atom is -0.494 e. The molecule has 0 spiro atoms. The molecule has 1 atom stereocenters. The van der Waals surface area contributed by atoms with Crippen molar-refractivity contribution in [2.45, 2.75) is 26.4 Å². The van der Waals surface area contributed by atoms with Gasteiger partial charge in [-0.05, 0) is 67.9 Å². The molecule has 3 aromatic heterocycles. The Bertz CT molecular complexity index is 1560. The van der Waals surface area contributed by atoms with Gasteiger partial charge in [0.2, 0.25) is 0 Å². The number of H-pyrrole nitrogens is 1. The van der Waals surface area contributed by atoms with Crippen molar-refractivity contribution in [3.8, 4) is 28.4 Å². The first kappa shape index (κ1) is 25.1. The Morgan fingerprint density at radius 1 is 1.05 bits per heavy atom. The van der Waals surface area contributed by atoms with Crippen LogP contribution in [0.15, 0.2) is 72.4 Å². The number of benzene rings is 2. The molecule has 0 radical (unpaired) electrons. The Morgan fingerprint density at radius 2 is 1.89 bits per heavy atom. The predicted octanol–water partition coefficient (Wildman–Crippen LogP) is 5.72. The van der Waals surface area contributed by atoms with Crippen molar-refractivity contribution < 1.29 is 19.1 Å². The minimum absolute atomic E-state index is 0.312. The number of rotatable bonds is 9. The van der Waals surface area contributed by atoms with Crippen LogP contribution in [-0.4, -0.2) is 44.5 Å². The van der Waals surface area contributed by atoms with Crippen molar-refractivity contribution in [1.82, 2.24) is 19.9 Å². The zero-order valence-electron chi connectivity index (χ0n) is 20.8. The highest BCUT2D eigenvalue weighted by Gasteiger charge is 2.23. The molecule has 10 heteroatoms. The fraction of sp³-hybridized carbons (Fsp3) is 0.179. The number of carbonyl (C=O) groups excluding carboxylic acids is 2. The lowest BCUT2D eigenvalue weighted by atomic mass is 10.2. The summed E-state index contributed by atoms with van der Waals surface area (Å²) in [5.74, 6) is 0.404. The molecule has 0 bridgehead atoms. The van der Waals surface area contributed by atoms with E-state index in [1.807, 2.05) is 48.7 Å². The van der Waals surface area contributed by atoms with E-state index in [1.165, 1.54) is 11.3 Å². The third-order valence-corrected chi connectivity index (χ3v) is 6.52. The van der Waals surface area contributed by atoms with Crippen LogP contribution in [0.1, 0.15) is 30.6 Å². The number of hydrogen-bond acceptors (Lipinski definition) is 8. The number of carbonyl (C=O) groups is 2. The van der Waals surface area contributed by atoms with Crippen molar-refractivity contribution in [1.29, 1.82) is 0 Å². The molecule has 3 heterocycles. The van der Waals surface area contributed by atoms with Crippen LogP contribution in [-0.2, 0) is 9.53 Å². The van der Waals surface area contributed by atoms with E-state index in [1.54, 1.807) is 37.5 Å². The van der Waals surface area contributed by atoms with Crippen LogP contribution in [0.3, 0.4) is 0 Å². The Labute approximate surface area is 222 Å². The quantitative estimate of drug-likeness (QED) is 0.235. The Kier molecular flexibility index (Phi) is 7.41. The summed E-state index contributed by atoms with van der Waals surface area (Å²) in [4.78, 5) is 42.1. The minimum atomic E-state index is -0.969. The summed E-state index contributed by atoms with van der Waals surface area (Å²) in [6, 6.07) is 16.3. The molecule has 0 aliphatic rings. The highest BCUT2D eigenvalue weighted by Crippen LogP contribution is 2.27. The molecule has 0 saturated heterocycles. The molecular formula is C28H25N5O4S. The van der Waals surface area contributed by atoms with Crippen molar-refractivity contribution in [3.63, 3.8) is 0 Å². The van der Waals surface area contributed by atoms with E-state index in [0.717, 1.165) is 22.6 Å². The number of pyridine rings is 1. The predicted molar refractivity (Wildman–Crippen MR) is 146 cm³/mol. The highest BCUT2D eigenvalue weighted by atomic mass is 32.1. The number of hydrogen-bond donors (Lipinski definition) is 2. The molecule has 0 aliphatic heterocycles. The van der Waals surface area contributed by atoms with Gasteiger partial charge in [0.05, 0.1) is 28.9 Å². The van der Waals surface area contributed by atoms with Crippen LogP contribution < -0.4 is 10.1 Å². The number of nitrogens with one attached hydrogen (secondary N) is 2. The molecule has 0 fully saturated rings. The zero-order valence-corrected chi connectivity index (χ0v) is 21.6. The number of amides is 1. The largest absolute Gasteiger partial charge is 0.494 e. The summed E-state index contributed by atoms with van der Waals surface area (Å²) < 4.78 is 11.0. The number of aromatic nitrogens is 4. The van der Waals surface area contributed by atoms with Crippen LogP contribution in [0, 0.1) is 0 Å². The SMILES string of the molecule is CCOc1ccc(-c2csc(NC(=O)C(CC)OC(=O)c3ccc4nc(-c5cccnc5)[nH]c4c3)n2)cc1. The number of aromatic amines is 1. The Hall–Kier alpha value is -4.57. The first-order chi connectivity index (χ1) is 18.5. The second-order valence-corrected chi connectivity index (χ2v) is 9.20. The first-order valence-electron chi connectivity index (χ1n) is 12.1. The van der Waals surface area contributed by atoms with Gasteiger partial charge in [-0.3, -0.25) is 15.1 Å². The van der Waals surface area contributed by atoms with Gasteiger partial charge in [-0.1, -0.05) is 6.92 Å². The van der Waals surface area contributed by atoms with Gasteiger partial charge in [-0.15, -0.1) is 11.3 Å². The number of anilines is 1. The number of esters is 1. The summed E-state index contributed by atoms with van der Waals surface area (Å²) in [7, 11) is 0. The molecule has 38 heavy (non-hydrogen) atoms. The monoisotopic (exact) mass is 527 g/mol. The normalized spacial score (nSPS) is 11.7. The second-order valence-electron chi connectivity index (χ2n) is 8.35. The number of nitrogens with zero attached hydrogens (tertiary/aromatic N) is 3. The molecule has 9 nitrogen and oxygen atoms in total. The van der Waals surface area contributed by atoms with Crippen LogP contribution in [0.25, 0.3) is 33.7 Å². The lowest BCUT2D eigenvalue weighted by Crippen LogP contribution is -2.32. The van der Waals surface area contributed by atoms with E-state index < -0.39 is 18.0 Å². The Balaban J connectivity index is 1.24. The molecule has 5 aromatic rings. The molecule has 5 rings (SSSR count). The maximum Gasteiger partial charge on any atom is 0.338 e. The average Bonchev–Trinajstić information content (AvgIpc) is 3.59. The van der Waals surface area contributed by atoms with E-state index in [-0.39, 0.29) is 0 Å². The standard InChI is InChI=1S/C28H25N5O4S/c1-3-24(26(34)33-28-32-23(16-38-28)17-7-10-20(11-8-17)36-4-2)37-27(35)18-9-12-21-22(14-18)31-25(30-21)19-6-5-13-29-15-19/h5-16,24H,3-4H2,1-2H3,(H,30,31)(H,32,33,34). The molecular weight excluding hydrogens is 502 g/mol. The van der Waals surface area contributed by atoms with Gasteiger partial charge in [-0.25, -0.2) is 14.8 Å². The molecule has 1 amide bonds. The maximum atomic E-state index is 12.9. The van der Waals surface area contributed by atoms with Crippen molar-refractivity contribution in [2.75, 3.05) is 11.9 Å². The molecule has 2 aromatic carbocycles. The smallest absolute Gasteiger partial charge is 0.338 e. The van der Waals surface area contributed by atoms with E-state index in [2.05, 4.69) is 25.3 Å². The average molecular weight is 528 g/mol. The molecule has 0 aliphatic carbocycles. The van der Waals surface area contributed by atoms with Gasteiger partial charge in [0.15, 0.2) is 11.2 Å². The summed E-state index contributed by atoms with van der Waals surface area (Å²) in [6.07, 6.45) is 2.74. The topological polar surface area (TPSA) is 119 Å². The summed E-state index contributed by atoms with van der Waals surface area (Å²) in [5, 5.41) is 5.05. The van der Waals surface area contributed by atoms with Crippen LogP contribution in [0.2, 0.25) is 0 Å². The second kappa shape index (κ2) is 11.2. The van der Waals surface area contributed by atoms with E-state index in [0.29, 0.717) is 40.6 Å². The van der Waals surface area contributed by atoms with Crippen molar-refractivity contribution >= 4 is 39.4 Å². The van der Waals surface area contributed by atoms with Gasteiger partial charge in [0.1, 0.15) is 11.6 Å². The number of thiazole rings is 1. The number of ether oxygens (including phenoxy) is 2. The lowest BCUT2D eigenvalue weighted by molar-refractivity contribution is -0.124. The van der Waals surface area contributed by atoms with E-state index in [9.17, 15) is 9.59 Å². The van der Waals surface area contributed by atoms with Crippen LogP contribution >= 0.6 is 11.3 Å². The van der Waals surface area contributed by atoms with Crippen molar-refractivity contribution in [2.24, 2.45) is 0 Å². The fourth-order valence-corrected chi connectivity index (χ4v) is 4.56. The van der Waals surface area contributed by atoms with E-state index >= 15 is 0 Å². The summed E-state index contributed by atoms with van der Waals surface area (Å²) >= 11 is 1.30. The molecule has 0 saturated carbocycles.